The highest BCUT2D eigenvalue weighted by Gasteiger charge is 2.35. The minimum absolute atomic E-state index is 0.0176. The van der Waals surface area contributed by atoms with Crippen molar-refractivity contribution < 1.29 is 13.5 Å². The van der Waals surface area contributed by atoms with E-state index < -0.39 is 16.1 Å². The van der Waals surface area contributed by atoms with E-state index in [0.717, 1.165) is 4.47 Å². The van der Waals surface area contributed by atoms with Crippen molar-refractivity contribution in [1.82, 2.24) is 4.31 Å². The van der Waals surface area contributed by atoms with Crippen LogP contribution in [0.1, 0.15) is 13.3 Å². The fourth-order valence-corrected chi connectivity index (χ4v) is 5.41. The molecule has 2 rings (SSSR count). The van der Waals surface area contributed by atoms with Crippen LogP contribution in [0.3, 0.4) is 0 Å². The number of halogens is 2. The topological polar surface area (TPSA) is 57.6 Å². The second kappa shape index (κ2) is 5.81. The zero-order chi connectivity index (χ0) is 14.2. The predicted molar refractivity (Wildman–Crippen MR) is 80.4 cm³/mol. The zero-order valence-corrected chi connectivity index (χ0v) is 14.4. The van der Waals surface area contributed by atoms with Crippen LogP contribution in [-0.4, -0.2) is 37.0 Å². The molecule has 0 spiro atoms. The number of hydrogen-bond donors (Lipinski definition) is 1. The SMILES string of the molecule is CC(O)C1CCN(S(=O)(=O)c2ccc(Br)cc2Br)C1. The Morgan fingerprint density at radius 2 is 2.11 bits per heavy atom. The highest BCUT2D eigenvalue weighted by Crippen LogP contribution is 2.31. The summed E-state index contributed by atoms with van der Waals surface area (Å²) in [7, 11) is -3.50. The third-order valence-electron chi connectivity index (χ3n) is 3.38. The number of hydrogen-bond acceptors (Lipinski definition) is 3. The Morgan fingerprint density at radius 3 is 2.63 bits per heavy atom. The quantitative estimate of drug-likeness (QED) is 0.829. The lowest BCUT2D eigenvalue weighted by Gasteiger charge is -2.18. The summed E-state index contributed by atoms with van der Waals surface area (Å²) >= 11 is 6.59. The van der Waals surface area contributed by atoms with Gasteiger partial charge in [0.15, 0.2) is 0 Å². The van der Waals surface area contributed by atoms with Gasteiger partial charge in [-0.2, -0.15) is 4.31 Å². The van der Waals surface area contributed by atoms with Gasteiger partial charge in [0, 0.05) is 22.0 Å². The van der Waals surface area contributed by atoms with E-state index in [0.29, 0.717) is 24.0 Å². The molecule has 1 heterocycles. The first-order valence-electron chi connectivity index (χ1n) is 5.95. The van der Waals surface area contributed by atoms with E-state index in [2.05, 4.69) is 31.9 Å². The molecular weight excluding hydrogens is 398 g/mol. The number of nitrogens with zero attached hydrogens (tertiary/aromatic N) is 1. The summed E-state index contributed by atoms with van der Waals surface area (Å²) in [6.07, 6.45) is 0.221. The minimum atomic E-state index is -3.50. The molecule has 106 valence electrons. The van der Waals surface area contributed by atoms with Crippen LogP contribution in [-0.2, 0) is 10.0 Å². The van der Waals surface area contributed by atoms with Gasteiger partial charge in [-0.25, -0.2) is 8.42 Å². The predicted octanol–water partition coefficient (Wildman–Crippen LogP) is 2.60. The Morgan fingerprint density at radius 1 is 1.42 bits per heavy atom. The Hall–Kier alpha value is 0.0500. The van der Waals surface area contributed by atoms with Crippen molar-refractivity contribution in [3.05, 3.63) is 27.1 Å². The summed E-state index contributed by atoms with van der Waals surface area (Å²) < 4.78 is 27.9. The van der Waals surface area contributed by atoms with E-state index in [4.69, 9.17) is 0 Å². The molecule has 2 unspecified atom stereocenters. The molecule has 1 N–H and O–H groups in total. The molecule has 7 heteroatoms. The average Bonchev–Trinajstić information content (AvgIpc) is 2.78. The van der Waals surface area contributed by atoms with Crippen molar-refractivity contribution in [1.29, 1.82) is 0 Å². The first-order valence-corrected chi connectivity index (χ1v) is 8.98. The number of aliphatic hydroxyl groups is 1. The summed E-state index contributed by atoms with van der Waals surface area (Å²) in [5.74, 6) is 0.0176. The first-order chi connectivity index (χ1) is 8.82. The van der Waals surface area contributed by atoms with Crippen LogP contribution < -0.4 is 0 Å². The molecule has 0 saturated carbocycles. The standard InChI is InChI=1S/C12H15Br2NO3S/c1-8(16)9-4-5-15(7-9)19(17,18)12-3-2-10(13)6-11(12)14/h2-3,6,8-9,16H,4-5,7H2,1H3. The highest BCUT2D eigenvalue weighted by molar-refractivity contribution is 9.11. The van der Waals surface area contributed by atoms with Crippen LogP contribution >= 0.6 is 31.9 Å². The molecule has 0 amide bonds. The molecule has 0 radical (unpaired) electrons. The summed E-state index contributed by atoms with van der Waals surface area (Å²) in [6.45, 7) is 2.54. The van der Waals surface area contributed by atoms with Gasteiger partial charge >= 0.3 is 0 Å². The third-order valence-corrected chi connectivity index (χ3v) is 6.72. The van der Waals surface area contributed by atoms with Crippen molar-refractivity contribution in [3.63, 3.8) is 0 Å². The number of rotatable bonds is 3. The number of sulfonamides is 1. The Balaban J connectivity index is 2.29. The third kappa shape index (κ3) is 3.21. The maximum absolute atomic E-state index is 12.5. The van der Waals surface area contributed by atoms with E-state index >= 15 is 0 Å². The highest BCUT2D eigenvalue weighted by atomic mass is 79.9. The van der Waals surface area contributed by atoms with Crippen molar-refractivity contribution in [2.75, 3.05) is 13.1 Å². The van der Waals surface area contributed by atoms with Gasteiger partial charge in [-0.3, -0.25) is 0 Å². The van der Waals surface area contributed by atoms with Crippen LogP contribution in [0.4, 0.5) is 0 Å². The fraction of sp³-hybridized carbons (Fsp3) is 0.500. The van der Waals surface area contributed by atoms with E-state index in [1.807, 2.05) is 0 Å². The van der Waals surface area contributed by atoms with E-state index in [1.54, 1.807) is 25.1 Å². The van der Waals surface area contributed by atoms with Crippen LogP contribution in [0.15, 0.2) is 32.0 Å². The lowest BCUT2D eigenvalue weighted by atomic mass is 10.0. The Kier molecular flexibility index (Phi) is 4.72. The molecular formula is C12H15Br2NO3S. The zero-order valence-electron chi connectivity index (χ0n) is 10.4. The maximum Gasteiger partial charge on any atom is 0.244 e. The molecule has 0 aliphatic carbocycles. The molecule has 1 aromatic rings. The second-order valence-electron chi connectivity index (χ2n) is 4.73. The molecule has 1 aromatic carbocycles. The number of aliphatic hydroxyl groups excluding tert-OH is 1. The minimum Gasteiger partial charge on any atom is -0.393 e. The largest absolute Gasteiger partial charge is 0.393 e. The summed E-state index contributed by atoms with van der Waals surface area (Å²) in [5, 5.41) is 9.56. The first kappa shape index (κ1) is 15.4. The van der Waals surface area contributed by atoms with Gasteiger partial charge in [0.1, 0.15) is 0 Å². The molecule has 0 bridgehead atoms. The van der Waals surface area contributed by atoms with Crippen molar-refractivity contribution >= 4 is 41.9 Å². The smallest absolute Gasteiger partial charge is 0.244 e. The molecule has 1 fully saturated rings. The lowest BCUT2D eigenvalue weighted by molar-refractivity contribution is 0.133. The van der Waals surface area contributed by atoms with Crippen molar-refractivity contribution in [2.45, 2.75) is 24.3 Å². The van der Waals surface area contributed by atoms with Crippen LogP contribution in [0, 0.1) is 5.92 Å². The monoisotopic (exact) mass is 411 g/mol. The van der Waals surface area contributed by atoms with E-state index in [9.17, 15) is 13.5 Å². The maximum atomic E-state index is 12.5. The van der Waals surface area contributed by atoms with E-state index in [1.165, 1.54) is 4.31 Å². The van der Waals surface area contributed by atoms with Crippen molar-refractivity contribution in [2.24, 2.45) is 5.92 Å². The summed E-state index contributed by atoms with van der Waals surface area (Å²) in [6, 6.07) is 5.01. The molecule has 2 atom stereocenters. The molecule has 19 heavy (non-hydrogen) atoms. The average molecular weight is 413 g/mol. The number of benzene rings is 1. The Bertz CT molecular complexity index is 574. The molecule has 4 nitrogen and oxygen atoms in total. The summed E-state index contributed by atoms with van der Waals surface area (Å²) in [4.78, 5) is 0.266. The summed E-state index contributed by atoms with van der Waals surface area (Å²) in [5.41, 5.74) is 0. The molecule has 0 aromatic heterocycles. The normalized spacial score (nSPS) is 22.6. The van der Waals surface area contributed by atoms with Crippen LogP contribution in [0.2, 0.25) is 0 Å². The van der Waals surface area contributed by atoms with Gasteiger partial charge in [-0.1, -0.05) is 15.9 Å². The molecule has 1 saturated heterocycles. The fourth-order valence-electron chi connectivity index (χ4n) is 2.19. The van der Waals surface area contributed by atoms with Gasteiger partial charge in [-0.15, -0.1) is 0 Å². The van der Waals surface area contributed by atoms with E-state index in [-0.39, 0.29) is 10.8 Å². The van der Waals surface area contributed by atoms with Gasteiger partial charge in [0.25, 0.3) is 0 Å². The van der Waals surface area contributed by atoms with Crippen LogP contribution in [0.25, 0.3) is 0 Å². The van der Waals surface area contributed by atoms with Crippen molar-refractivity contribution in [3.8, 4) is 0 Å². The molecule has 1 aliphatic heterocycles. The van der Waals surface area contributed by atoms with Gasteiger partial charge in [-0.05, 0) is 53.4 Å². The second-order valence-corrected chi connectivity index (χ2v) is 8.40. The van der Waals surface area contributed by atoms with Gasteiger partial charge in [0.2, 0.25) is 10.0 Å². The van der Waals surface area contributed by atoms with Crippen LogP contribution in [0.5, 0.6) is 0 Å². The van der Waals surface area contributed by atoms with Gasteiger partial charge in [0.05, 0.1) is 11.0 Å². The Labute approximate surface area is 130 Å². The van der Waals surface area contributed by atoms with Gasteiger partial charge < -0.3 is 5.11 Å². The molecule has 1 aliphatic rings. The lowest BCUT2D eigenvalue weighted by Crippen LogP contribution is -2.30.